The lowest BCUT2D eigenvalue weighted by Crippen LogP contribution is -1.90. The summed E-state index contributed by atoms with van der Waals surface area (Å²) in [7, 11) is 0. The number of rotatable bonds is 2. The molecule has 0 spiro atoms. The van der Waals surface area contributed by atoms with Gasteiger partial charge in [-0.1, -0.05) is 27.5 Å². The van der Waals surface area contributed by atoms with E-state index >= 15 is 0 Å². The summed E-state index contributed by atoms with van der Waals surface area (Å²) in [5.74, 6) is 0. The Balaban J connectivity index is 2.29. The van der Waals surface area contributed by atoms with E-state index in [1.807, 2.05) is 18.2 Å². The molecule has 2 aromatic rings. The lowest BCUT2D eigenvalue weighted by atomic mass is 10.3. The molecule has 15 heavy (non-hydrogen) atoms. The fourth-order valence-corrected chi connectivity index (χ4v) is 2.73. The fraction of sp³-hybridized carbons (Fsp3) is 0.0909. The van der Waals surface area contributed by atoms with E-state index in [-0.39, 0.29) is 0 Å². The highest BCUT2D eigenvalue weighted by Crippen LogP contribution is 2.30. The van der Waals surface area contributed by atoms with Gasteiger partial charge in [0.15, 0.2) is 0 Å². The normalized spacial score (nSPS) is 10.3. The summed E-state index contributed by atoms with van der Waals surface area (Å²) >= 11 is 11.2. The van der Waals surface area contributed by atoms with Crippen LogP contribution in [0.4, 0.5) is 11.4 Å². The summed E-state index contributed by atoms with van der Waals surface area (Å²) in [6.45, 7) is 2.07. The second-order valence-corrected chi connectivity index (χ2v) is 5.28. The van der Waals surface area contributed by atoms with Crippen molar-refractivity contribution < 1.29 is 0 Å². The summed E-state index contributed by atoms with van der Waals surface area (Å²) in [6.07, 6.45) is 0. The van der Waals surface area contributed by atoms with E-state index in [1.54, 1.807) is 11.3 Å². The van der Waals surface area contributed by atoms with Crippen LogP contribution in [0.2, 0.25) is 5.02 Å². The lowest BCUT2D eigenvalue weighted by Gasteiger charge is -2.07. The van der Waals surface area contributed by atoms with Crippen LogP contribution < -0.4 is 5.32 Å². The zero-order valence-corrected chi connectivity index (χ0v) is 11.2. The maximum atomic E-state index is 6.11. The van der Waals surface area contributed by atoms with Crippen LogP contribution in [0, 0.1) is 6.92 Å². The molecule has 1 aromatic carbocycles. The van der Waals surface area contributed by atoms with Gasteiger partial charge in [-0.25, -0.2) is 0 Å². The highest BCUT2D eigenvalue weighted by Gasteiger charge is 2.03. The molecule has 0 saturated heterocycles. The molecule has 4 heteroatoms. The van der Waals surface area contributed by atoms with Crippen molar-refractivity contribution in [1.29, 1.82) is 0 Å². The van der Waals surface area contributed by atoms with E-state index in [2.05, 4.69) is 38.9 Å². The minimum Gasteiger partial charge on any atom is -0.353 e. The van der Waals surface area contributed by atoms with Crippen molar-refractivity contribution in [2.24, 2.45) is 0 Å². The molecular weight excluding hydrogens is 294 g/mol. The molecule has 0 saturated carbocycles. The summed E-state index contributed by atoms with van der Waals surface area (Å²) in [6, 6.07) is 5.81. The molecule has 0 unspecified atom stereocenters. The average Bonchev–Trinajstić information content (AvgIpc) is 2.57. The molecule has 78 valence electrons. The van der Waals surface area contributed by atoms with Crippen molar-refractivity contribution in [3.63, 3.8) is 0 Å². The molecule has 0 aliphatic heterocycles. The summed E-state index contributed by atoms with van der Waals surface area (Å²) in [4.78, 5) is 0. The second-order valence-electron chi connectivity index (χ2n) is 3.22. The minimum atomic E-state index is 0.718. The van der Waals surface area contributed by atoms with E-state index in [9.17, 15) is 0 Å². The highest BCUT2D eigenvalue weighted by atomic mass is 79.9. The van der Waals surface area contributed by atoms with Gasteiger partial charge in [0.2, 0.25) is 0 Å². The highest BCUT2D eigenvalue weighted by molar-refractivity contribution is 9.10. The first kappa shape index (κ1) is 11.0. The van der Waals surface area contributed by atoms with Gasteiger partial charge >= 0.3 is 0 Å². The predicted octanol–water partition coefficient (Wildman–Crippen LogP) is 5.22. The molecule has 0 atom stereocenters. The monoisotopic (exact) mass is 301 g/mol. The van der Waals surface area contributed by atoms with Gasteiger partial charge in [-0.2, -0.15) is 0 Å². The number of halogens is 2. The van der Waals surface area contributed by atoms with Crippen LogP contribution in [0.15, 0.2) is 33.4 Å². The Labute approximate surface area is 106 Å². The molecule has 0 fully saturated rings. The SMILES string of the molecule is Cc1cscc1Nc1ccc(Br)cc1Cl. The Morgan fingerprint density at radius 3 is 2.67 bits per heavy atom. The van der Waals surface area contributed by atoms with E-state index in [0.717, 1.165) is 20.9 Å². The maximum absolute atomic E-state index is 6.11. The molecule has 1 heterocycles. The van der Waals surface area contributed by atoms with E-state index < -0.39 is 0 Å². The topological polar surface area (TPSA) is 12.0 Å². The molecule has 1 aromatic heterocycles. The molecule has 0 amide bonds. The summed E-state index contributed by atoms with van der Waals surface area (Å²) in [5, 5.41) is 8.21. The number of nitrogens with one attached hydrogen (secondary N) is 1. The maximum Gasteiger partial charge on any atom is 0.0652 e. The van der Waals surface area contributed by atoms with Crippen LogP contribution in [-0.4, -0.2) is 0 Å². The van der Waals surface area contributed by atoms with Crippen molar-refractivity contribution >= 4 is 50.2 Å². The van der Waals surface area contributed by atoms with Gasteiger partial charge in [-0.3, -0.25) is 0 Å². The van der Waals surface area contributed by atoms with Gasteiger partial charge in [-0.15, -0.1) is 11.3 Å². The average molecular weight is 303 g/mol. The van der Waals surface area contributed by atoms with Crippen LogP contribution in [0.25, 0.3) is 0 Å². The Morgan fingerprint density at radius 1 is 1.27 bits per heavy atom. The van der Waals surface area contributed by atoms with Gasteiger partial charge in [-0.05, 0) is 36.1 Å². The standard InChI is InChI=1S/C11H9BrClNS/c1-7-5-15-6-11(7)14-10-3-2-8(12)4-9(10)13/h2-6,14H,1H3. The lowest BCUT2D eigenvalue weighted by molar-refractivity contribution is 1.48. The minimum absolute atomic E-state index is 0.718. The number of hydrogen-bond donors (Lipinski definition) is 1. The summed E-state index contributed by atoms with van der Waals surface area (Å²) in [5.41, 5.74) is 3.28. The molecule has 0 bridgehead atoms. The molecule has 0 radical (unpaired) electrons. The zero-order valence-electron chi connectivity index (χ0n) is 8.05. The third-order valence-electron chi connectivity index (χ3n) is 2.06. The molecule has 0 aliphatic carbocycles. The molecule has 2 rings (SSSR count). The second kappa shape index (κ2) is 4.56. The molecule has 1 nitrogen and oxygen atoms in total. The van der Waals surface area contributed by atoms with Gasteiger partial charge in [0.05, 0.1) is 16.4 Å². The Hall–Kier alpha value is -0.510. The van der Waals surface area contributed by atoms with Crippen LogP contribution >= 0.6 is 38.9 Å². The van der Waals surface area contributed by atoms with Crippen LogP contribution in [-0.2, 0) is 0 Å². The van der Waals surface area contributed by atoms with Gasteiger partial charge in [0.1, 0.15) is 0 Å². The van der Waals surface area contributed by atoms with E-state index in [4.69, 9.17) is 11.6 Å². The van der Waals surface area contributed by atoms with Crippen molar-refractivity contribution in [2.75, 3.05) is 5.32 Å². The molecule has 0 aliphatic rings. The largest absolute Gasteiger partial charge is 0.353 e. The first-order chi connectivity index (χ1) is 7.16. The van der Waals surface area contributed by atoms with Crippen molar-refractivity contribution in [3.05, 3.63) is 44.0 Å². The van der Waals surface area contributed by atoms with Gasteiger partial charge in [0, 0.05) is 9.85 Å². The first-order valence-corrected chi connectivity index (χ1v) is 6.53. The smallest absolute Gasteiger partial charge is 0.0652 e. The third kappa shape index (κ3) is 2.54. The number of anilines is 2. The predicted molar refractivity (Wildman–Crippen MR) is 71.5 cm³/mol. The van der Waals surface area contributed by atoms with Crippen LogP contribution in [0.3, 0.4) is 0 Å². The van der Waals surface area contributed by atoms with Crippen molar-refractivity contribution in [2.45, 2.75) is 6.92 Å². The number of thiophene rings is 1. The van der Waals surface area contributed by atoms with Crippen molar-refractivity contribution in [3.8, 4) is 0 Å². The Bertz CT molecular complexity index is 481. The number of hydrogen-bond acceptors (Lipinski definition) is 2. The molecule has 1 N–H and O–H groups in total. The van der Waals surface area contributed by atoms with Crippen molar-refractivity contribution in [1.82, 2.24) is 0 Å². The van der Waals surface area contributed by atoms with Gasteiger partial charge < -0.3 is 5.32 Å². The first-order valence-electron chi connectivity index (χ1n) is 4.41. The van der Waals surface area contributed by atoms with Crippen LogP contribution in [0.1, 0.15) is 5.56 Å². The number of benzene rings is 1. The quantitative estimate of drug-likeness (QED) is 0.802. The van der Waals surface area contributed by atoms with Gasteiger partial charge in [0.25, 0.3) is 0 Å². The van der Waals surface area contributed by atoms with E-state index in [0.29, 0.717) is 0 Å². The zero-order chi connectivity index (χ0) is 10.8. The third-order valence-corrected chi connectivity index (χ3v) is 3.72. The summed E-state index contributed by atoms with van der Waals surface area (Å²) < 4.78 is 0.986. The number of aryl methyl sites for hydroxylation is 1. The Morgan fingerprint density at radius 2 is 2.07 bits per heavy atom. The fourth-order valence-electron chi connectivity index (χ4n) is 1.22. The molecular formula is C11H9BrClNS. The Kier molecular flexibility index (Phi) is 3.34. The van der Waals surface area contributed by atoms with E-state index in [1.165, 1.54) is 5.56 Å². The van der Waals surface area contributed by atoms with Crippen LogP contribution in [0.5, 0.6) is 0 Å².